The highest BCUT2D eigenvalue weighted by Gasteiger charge is 2.32. The van der Waals surface area contributed by atoms with Gasteiger partial charge >= 0.3 is 0 Å². The van der Waals surface area contributed by atoms with Crippen molar-refractivity contribution >= 4 is 0 Å². The Morgan fingerprint density at radius 3 is 2.56 bits per heavy atom. The molecular weight excluding hydrogens is 224 g/mol. The monoisotopic (exact) mass is 254 g/mol. The van der Waals surface area contributed by atoms with Crippen LogP contribution in [0.25, 0.3) is 0 Å². The molecule has 18 heavy (non-hydrogen) atoms. The van der Waals surface area contributed by atoms with Gasteiger partial charge in [0.05, 0.1) is 6.10 Å². The standard InChI is InChI=1S/C15H30N2O/c1-4-11(2)17-9-14(12(3)18)7-15(10-17)16-8-13-5-6-13/h11-16,18H,4-10H2,1-3H3. The number of hydrogen-bond donors (Lipinski definition) is 2. The summed E-state index contributed by atoms with van der Waals surface area (Å²) in [6.45, 7) is 9.92. The summed E-state index contributed by atoms with van der Waals surface area (Å²) in [6, 6.07) is 1.21. The van der Waals surface area contributed by atoms with Gasteiger partial charge in [0.15, 0.2) is 0 Å². The summed E-state index contributed by atoms with van der Waals surface area (Å²) in [4.78, 5) is 2.56. The van der Waals surface area contributed by atoms with Crippen molar-refractivity contribution in [3.05, 3.63) is 0 Å². The summed E-state index contributed by atoms with van der Waals surface area (Å²) in [5.41, 5.74) is 0. The van der Waals surface area contributed by atoms with Crippen molar-refractivity contribution in [1.29, 1.82) is 0 Å². The number of piperidine rings is 1. The van der Waals surface area contributed by atoms with Crippen molar-refractivity contribution in [2.75, 3.05) is 19.6 Å². The van der Waals surface area contributed by atoms with Gasteiger partial charge in [0.2, 0.25) is 0 Å². The Labute approximate surface area is 112 Å². The van der Waals surface area contributed by atoms with Crippen LogP contribution in [0.4, 0.5) is 0 Å². The molecule has 2 aliphatic rings. The fourth-order valence-electron chi connectivity index (χ4n) is 2.94. The molecule has 2 rings (SSSR count). The Bertz CT molecular complexity index is 253. The second-order valence-electron chi connectivity index (χ2n) is 6.50. The summed E-state index contributed by atoms with van der Waals surface area (Å²) in [5.74, 6) is 1.37. The number of rotatable bonds is 6. The van der Waals surface area contributed by atoms with Gasteiger partial charge in [-0.05, 0) is 57.9 Å². The average molecular weight is 254 g/mol. The lowest BCUT2D eigenvalue weighted by atomic mass is 9.89. The van der Waals surface area contributed by atoms with E-state index in [1.54, 1.807) is 0 Å². The van der Waals surface area contributed by atoms with E-state index in [9.17, 15) is 5.11 Å². The molecule has 4 unspecified atom stereocenters. The minimum Gasteiger partial charge on any atom is -0.393 e. The Balaban J connectivity index is 1.87. The van der Waals surface area contributed by atoms with Gasteiger partial charge in [0.25, 0.3) is 0 Å². The first-order valence-corrected chi connectivity index (χ1v) is 7.75. The number of nitrogens with zero attached hydrogens (tertiary/aromatic N) is 1. The van der Waals surface area contributed by atoms with Gasteiger partial charge in [-0.15, -0.1) is 0 Å². The highest BCUT2D eigenvalue weighted by molar-refractivity contribution is 4.89. The first-order chi connectivity index (χ1) is 8.60. The van der Waals surface area contributed by atoms with Crippen molar-refractivity contribution in [3.8, 4) is 0 Å². The molecule has 1 heterocycles. The topological polar surface area (TPSA) is 35.5 Å². The number of aliphatic hydroxyl groups excluding tert-OH is 1. The molecule has 1 aliphatic carbocycles. The Morgan fingerprint density at radius 1 is 1.28 bits per heavy atom. The molecule has 2 N–H and O–H groups in total. The van der Waals surface area contributed by atoms with Crippen LogP contribution in [0.1, 0.15) is 46.5 Å². The maximum absolute atomic E-state index is 9.90. The van der Waals surface area contributed by atoms with Crippen LogP contribution in [0.2, 0.25) is 0 Å². The summed E-state index contributed by atoms with van der Waals surface area (Å²) < 4.78 is 0. The Morgan fingerprint density at radius 2 is 2.00 bits per heavy atom. The van der Waals surface area contributed by atoms with Gasteiger partial charge in [-0.3, -0.25) is 4.90 Å². The molecule has 1 aliphatic heterocycles. The summed E-state index contributed by atoms with van der Waals surface area (Å²) in [7, 11) is 0. The van der Waals surface area contributed by atoms with Gasteiger partial charge in [-0.25, -0.2) is 0 Å². The fraction of sp³-hybridized carbons (Fsp3) is 1.00. The normalized spacial score (nSPS) is 33.3. The first kappa shape index (κ1) is 14.3. The third kappa shape index (κ3) is 3.94. The first-order valence-electron chi connectivity index (χ1n) is 7.75. The molecule has 2 fully saturated rings. The van der Waals surface area contributed by atoms with Crippen LogP contribution in [-0.2, 0) is 0 Å². The molecule has 0 aromatic rings. The molecule has 0 bridgehead atoms. The van der Waals surface area contributed by atoms with E-state index in [1.807, 2.05) is 6.92 Å². The van der Waals surface area contributed by atoms with Crippen LogP contribution in [0.15, 0.2) is 0 Å². The molecule has 0 radical (unpaired) electrons. The van der Waals surface area contributed by atoms with E-state index in [-0.39, 0.29) is 6.10 Å². The zero-order valence-corrected chi connectivity index (χ0v) is 12.2. The number of likely N-dealkylation sites (tertiary alicyclic amines) is 1. The lowest BCUT2D eigenvalue weighted by molar-refractivity contribution is 0.0315. The van der Waals surface area contributed by atoms with Crippen LogP contribution in [0, 0.1) is 11.8 Å². The van der Waals surface area contributed by atoms with Gasteiger partial charge < -0.3 is 10.4 Å². The van der Waals surface area contributed by atoms with Crippen LogP contribution < -0.4 is 5.32 Å². The van der Waals surface area contributed by atoms with Crippen molar-refractivity contribution in [3.63, 3.8) is 0 Å². The van der Waals surface area contributed by atoms with Gasteiger partial charge in [-0.1, -0.05) is 6.92 Å². The molecule has 0 spiro atoms. The smallest absolute Gasteiger partial charge is 0.0553 e. The van der Waals surface area contributed by atoms with E-state index >= 15 is 0 Å². The predicted octanol–water partition coefficient (Wildman–Crippen LogP) is 1.86. The quantitative estimate of drug-likeness (QED) is 0.759. The number of hydrogen-bond acceptors (Lipinski definition) is 3. The van der Waals surface area contributed by atoms with Crippen molar-refractivity contribution in [2.24, 2.45) is 11.8 Å². The zero-order chi connectivity index (χ0) is 13.1. The van der Waals surface area contributed by atoms with Crippen LogP contribution in [0.5, 0.6) is 0 Å². The third-order valence-corrected chi connectivity index (χ3v) is 4.80. The molecular formula is C15H30N2O. The van der Waals surface area contributed by atoms with Crippen LogP contribution in [-0.4, -0.2) is 47.8 Å². The minimum absolute atomic E-state index is 0.179. The second-order valence-corrected chi connectivity index (χ2v) is 6.50. The van der Waals surface area contributed by atoms with E-state index in [1.165, 1.54) is 25.8 Å². The molecule has 0 aromatic carbocycles. The third-order valence-electron chi connectivity index (χ3n) is 4.80. The van der Waals surface area contributed by atoms with E-state index in [0.717, 1.165) is 25.4 Å². The molecule has 3 nitrogen and oxygen atoms in total. The number of aliphatic hydroxyl groups is 1. The van der Waals surface area contributed by atoms with Crippen LogP contribution in [0.3, 0.4) is 0 Å². The maximum atomic E-state index is 9.90. The SMILES string of the molecule is CCC(C)N1CC(NCC2CC2)CC(C(C)O)C1. The van der Waals surface area contributed by atoms with Gasteiger partial charge in [0.1, 0.15) is 0 Å². The second kappa shape index (κ2) is 6.36. The fourth-order valence-corrected chi connectivity index (χ4v) is 2.94. The molecule has 4 atom stereocenters. The van der Waals surface area contributed by atoms with E-state index in [2.05, 4.69) is 24.1 Å². The Kier molecular flexibility index (Phi) is 5.05. The largest absolute Gasteiger partial charge is 0.393 e. The molecule has 3 heteroatoms. The predicted molar refractivity (Wildman–Crippen MR) is 75.6 cm³/mol. The molecule has 1 saturated carbocycles. The minimum atomic E-state index is -0.179. The highest BCUT2D eigenvalue weighted by atomic mass is 16.3. The van der Waals surface area contributed by atoms with Crippen molar-refractivity contribution in [2.45, 2.75) is 64.6 Å². The van der Waals surface area contributed by atoms with Crippen molar-refractivity contribution < 1.29 is 5.11 Å². The molecule has 1 saturated heterocycles. The van der Waals surface area contributed by atoms with E-state index < -0.39 is 0 Å². The molecule has 106 valence electrons. The summed E-state index contributed by atoms with van der Waals surface area (Å²) in [5, 5.41) is 13.6. The molecule has 0 amide bonds. The highest BCUT2D eigenvalue weighted by Crippen LogP contribution is 2.29. The lowest BCUT2D eigenvalue weighted by Crippen LogP contribution is -2.54. The van der Waals surface area contributed by atoms with Crippen molar-refractivity contribution in [1.82, 2.24) is 10.2 Å². The maximum Gasteiger partial charge on any atom is 0.0553 e. The van der Waals surface area contributed by atoms with Gasteiger partial charge in [-0.2, -0.15) is 0 Å². The Hall–Kier alpha value is -0.120. The van der Waals surface area contributed by atoms with Crippen LogP contribution >= 0.6 is 0 Å². The average Bonchev–Trinajstić information content (AvgIpc) is 3.19. The lowest BCUT2D eigenvalue weighted by Gasteiger charge is -2.42. The molecule has 0 aromatic heterocycles. The van der Waals surface area contributed by atoms with E-state index in [4.69, 9.17) is 0 Å². The van der Waals surface area contributed by atoms with Gasteiger partial charge in [0, 0.05) is 25.2 Å². The van der Waals surface area contributed by atoms with E-state index in [0.29, 0.717) is 18.0 Å². The summed E-state index contributed by atoms with van der Waals surface area (Å²) in [6.07, 6.45) is 4.98. The zero-order valence-electron chi connectivity index (χ0n) is 12.2. The summed E-state index contributed by atoms with van der Waals surface area (Å²) >= 11 is 0. The number of nitrogens with one attached hydrogen (secondary N) is 1.